The fraction of sp³-hybridized carbons (Fsp3) is 0.375. The molecule has 8 heteroatoms. The van der Waals surface area contributed by atoms with Crippen molar-refractivity contribution in [2.75, 3.05) is 24.5 Å². The second kappa shape index (κ2) is 5.94. The highest BCUT2D eigenvalue weighted by Gasteiger charge is 2.31. The Labute approximate surface area is 136 Å². The highest BCUT2D eigenvalue weighted by molar-refractivity contribution is 5.93. The van der Waals surface area contributed by atoms with E-state index < -0.39 is 23.8 Å². The van der Waals surface area contributed by atoms with Gasteiger partial charge >= 0.3 is 12.1 Å². The predicted molar refractivity (Wildman–Crippen MR) is 83.1 cm³/mol. The van der Waals surface area contributed by atoms with Crippen LogP contribution in [0.3, 0.4) is 0 Å². The maximum absolute atomic E-state index is 13.0. The summed E-state index contributed by atoms with van der Waals surface area (Å²) >= 11 is 0. The van der Waals surface area contributed by atoms with E-state index in [1.54, 1.807) is 17.9 Å². The molecule has 1 aromatic heterocycles. The number of hydrogen-bond donors (Lipinski definition) is 2. The van der Waals surface area contributed by atoms with Crippen LogP contribution in [0.5, 0.6) is 0 Å². The molecule has 2 aromatic rings. The van der Waals surface area contributed by atoms with Gasteiger partial charge in [0.25, 0.3) is 0 Å². The molecule has 128 valence electrons. The summed E-state index contributed by atoms with van der Waals surface area (Å²) in [6, 6.07) is 4.39. The van der Waals surface area contributed by atoms with Gasteiger partial charge in [-0.05, 0) is 31.2 Å². The lowest BCUT2D eigenvalue weighted by Crippen LogP contribution is -2.54. The molecule has 1 atom stereocenters. The molecule has 1 saturated heterocycles. The fourth-order valence-corrected chi connectivity index (χ4v) is 2.91. The first-order valence-corrected chi connectivity index (χ1v) is 7.45. The number of carboxylic acid groups (broad SMARTS) is 1. The maximum Gasteiger partial charge on any atom is 0.416 e. The summed E-state index contributed by atoms with van der Waals surface area (Å²) < 4.78 is 39.0. The first kappa shape index (κ1) is 16.5. The molecule has 0 aliphatic carbocycles. The molecule has 24 heavy (non-hydrogen) atoms. The monoisotopic (exact) mass is 339 g/mol. The number of anilines is 1. The van der Waals surface area contributed by atoms with E-state index in [2.05, 4.69) is 10.3 Å². The summed E-state index contributed by atoms with van der Waals surface area (Å²) in [4.78, 5) is 17.3. The molecule has 2 N–H and O–H groups in total. The van der Waals surface area contributed by atoms with Gasteiger partial charge in [-0.2, -0.15) is 13.2 Å². The average molecular weight is 339 g/mol. The Bertz CT molecular complexity index is 792. The van der Waals surface area contributed by atoms with Crippen LogP contribution in [0, 0.1) is 6.92 Å². The van der Waals surface area contributed by atoms with Crippen LogP contribution in [-0.4, -0.2) is 41.7 Å². The molecule has 1 unspecified atom stereocenters. The molecular formula is C16H16F3N3O2. The van der Waals surface area contributed by atoms with Crippen molar-refractivity contribution < 1.29 is 23.1 Å². The molecule has 2 heterocycles. The molecular weight excluding hydrogens is 323 g/mol. The number of piperazine rings is 1. The smallest absolute Gasteiger partial charge is 0.416 e. The number of nitrogens with zero attached hydrogens (tertiary/aromatic N) is 2. The van der Waals surface area contributed by atoms with E-state index in [1.165, 1.54) is 6.07 Å². The number of nitrogens with one attached hydrogen (secondary N) is 1. The third kappa shape index (κ3) is 3.14. The number of aliphatic carboxylic acids is 1. The van der Waals surface area contributed by atoms with Gasteiger partial charge in [0, 0.05) is 36.4 Å². The second-order valence-electron chi connectivity index (χ2n) is 5.80. The highest BCUT2D eigenvalue weighted by Crippen LogP contribution is 2.34. The number of hydrogen-bond acceptors (Lipinski definition) is 4. The van der Waals surface area contributed by atoms with Crippen LogP contribution in [0.4, 0.5) is 18.9 Å². The minimum absolute atomic E-state index is 0.185. The maximum atomic E-state index is 13.0. The van der Waals surface area contributed by atoms with Gasteiger partial charge in [-0.15, -0.1) is 0 Å². The van der Waals surface area contributed by atoms with Crippen molar-refractivity contribution in [1.82, 2.24) is 10.3 Å². The van der Waals surface area contributed by atoms with Crippen molar-refractivity contribution in [2.45, 2.75) is 19.1 Å². The van der Waals surface area contributed by atoms with E-state index in [9.17, 15) is 23.1 Å². The Morgan fingerprint density at radius 1 is 1.38 bits per heavy atom. The quantitative estimate of drug-likeness (QED) is 0.880. The number of carboxylic acids is 1. The summed E-state index contributed by atoms with van der Waals surface area (Å²) in [6.45, 7) is 2.90. The number of carbonyl (C=O) groups is 1. The predicted octanol–water partition coefficient (Wildman–Crippen LogP) is 2.42. The van der Waals surface area contributed by atoms with Gasteiger partial charge in [0.2, 0.25) is 0 Å². The number of alkyl halides is 3. The normalized spacial score (nSPS) is 18.8. The van der Waals surface area contributed by atoms with Crippen molar-refractivity contribution in [3.63, 3.8) is 0 Å². The number of pyridine rings is 1. The Balaban J connectivity index is 2.10. The second-order valence-corrected chi connectivity index (χ2v) is 5.80. The van der Waals surface area contributed by atoms with Crippen molar-refractivity contribution in [2.24, 2.45) is 0 Å². The molecule has 1 aliphatic heterocycles. The van der Waals surface area contributed by atoms with Gasteiger partial charge < -0.3 is 15.3 Å². The zero-order valence-corrected chi connectivity index (χ0v) is 12.9. The topological polar surface area (TPSA) is 65.5 Å². The Morgan fingerprint density at radius 3 is 2.79 bits per heavy atom. The van der Waals surface area contributed by atoms with Gasteiger partial charge in [0.1, 0.15) is 6.04 Å². The SMILES string of the molecule is Cc1cc(N2CCNC(C(=O)O)C2)c2cc(C(F)(F)F)ccc2n1. The third-order valence-electron chi connectivity index (χ3n) is 4.06. The van der Waals surface area contributed by atoms with Crippen LogP contribution in [0.2, 0.25) is 0 Å². The van der Waals surface area contributed by atoms with Gasteiger partial charge in [-0.3, -0.25) is 9.78 Å². The van der Waals surface area contributed by atoms with Crippen LogP contribution in [-0.2, 0) is 11.0 Å². The van der Waals surface area contributed by atoms with Crippen LogP contribution < -0.4 is 10.2 Å². The number of aryl methyl sites for hydroxylation is 1. The zero-order valence-electron chi connectivity index (χ0n) is 12.9. The highest BCUT2D eigenvalue weighted by atomic mass is 19.4. The van der Waals surface area contributed by atoms with Gasteiger partial charge in [-0.25, -0.2) is 0 Å². The average Bonchev–Trinajstić information content (AvgIpc) is 2.52. The lowest BCUT2D eigenvalue weighted by Gasteiger charge is -2.34. The zero-order chi connectivity index (χ0) is 17.5. The number of fused-ring (bicyclic) bond motifs is 1. The molecule has 1 aromatic carbocycles. The molecule has 5 nitrogen and oxygen atoms in total. The molecule has 0 spiro atoms. The lowest BCUT2D eigenvalue weighted by molar-refractivity contribution is -0.139. The molecule has 0 amide bonds. The third-order valence-corrected chi connectivity index (χ3v) is 4.06. The number of rotatable bonds is 2. The van der Waals surface area contributed by atoms with E-state index in [4.69, 9.17) is 0 Å². The summed E-state index contributed by atoms with van der Waals surface area (Å²) in [7, 11) is 0. The van der Waals surface area contributed by atoms with E-state index in [1.807, 2.05) is 0 Å². The van der Waals surface area contributed by atoms with E-state index in [0.717, 1.165) is 12.1 Å². The van der Waals surface area contributed by atoms with E-state index in [0.29, 0.717) is 35.4 Å². The van der Waals surface area contributed by atoms with Crippen molar-refractivity contribution in [3.8, 4) is 0 Å². The fourth-order valence-electron chi connectivity index (χ4n) is 2.91. The summed E-state index contributed by atoms with van der Waals surface area (Å²) in [6.07, 6.45) is -4.44. The lowest BCUT2D eigenvalue weighted by atomic mass is 10.1. The molecule has 3 rings (SSSR count). The van der Waals surface area contributed by atoms with E-state index in [-0.39, 0.29) is 6.54 Å². The number of benzene rings is 1. The minimum atomic E-state index is -4.44. The van der Waals surface area contributed by atoms with Crippen LogP contribution in [0.1, 0.15) is 11.3 Å². The van der Waals surface area contributed by atoms with Gasteiger partial charge in [-0.1, -0.05) is 0 Å². The van der Waals surface area contributed by atoms with E-state index >= 15 is 0 Å². The molecule has 1 fully saturated rings. The minimum Gasteiger partial charge on any atom is -0.480 e. The number of aromatic nitrogens is 1. The first-order valence-electron chi connectivity index (χ1n) is 7.45. The standard InChI is InChI=1S/C16H16F3N3O2/c1-9-6-14(22-5-4-20-13(8-22)15(23)24)11-7-10(16(17,18)19)2-3-12(11)21-9/h2-3,6-7,13,20H,4-5,8H2,1H3,(H,23,24). The summed E-state index contributed by atoms with van der Waals surface area (Å²) in [5.74, 6) is -0.981. The summed E-state index contributed by atoms with van der Waals surface area (Å²) in [5, 5.41) is 12.4. The van der Waals surface area contributed by atoms with Gasteiger partial charge in [0.15, 0.2) is 0 Å². The van der Waals surface area contributed by atoms with Crippen LogP contribution in [0.15, 0.2) is 24.3 Å². The largest absolute Gasteiger partial charge is 0.480 e. The van der Waals surface area contributed by atoms with Crippen molar-refractivity contribution >= 4 is 22.6 Å². The first-order chi connectivity index (χ1) is 11.3. The van der Waals surface area contributed by atoms with Crippen LogP contribution >= 0.6 is 0 Å². The molecule has 0 saturated carbocycles. The Hall–Kier alpha value is -2.35. The van der Waals surface area contributed by atoms with Gasteiger partial charge in [0.05, 0.1) is 11.1 Å². The molecule has 0 bridgehead atoms. The van der Waals surface area contributed by atoms with Crippen molar-refractivity contribution in [1.29, 1.82) is 0 Å². The summed E-state index contributed by atoms with van der Waals surface area (Å²) in [5.41, 5.74) is 0.967. The number of halogens is 3. The molecule has 0 radical (unpaired) electrons. The van der Waals surface area contributed by atoms with Crippen molar-refractivity contribution in [3.05, 3.63) is 35.5 Å². The Morgan fingerprint density at radius 2 is 2.12 bits per heavy atom. The Kier molecular flexibility index (Phi) is 4.08. The van der Waals surface area contributed by atoms with Crippen LogP contribution in [0.25, 0.3) is 10.9 Å². The molecule has 1 aliphatic rings.